The molecule has 1 aliphatic heterocycles. The SMILES string of the molecule is CN(C)C(=O)Nc1cncc(-c2ccc3c(c2)c(C(=O)O)nn3C2CCCCO2)c1. The summed E-state index contributed by atoms with van der Waals surface area (Å²) in [5.74, 6) is -1.09. The van der Waals surface area contributed by atoms with Crippen LogP contribution in [-0.4, -0.2) is 57.5 Å². The van der Waals surface area contributed by atoms with Gasteiger partial charge in [-0.2, -0.15) is 5.10 Å². The van der Waals surface area contributed by atoms with Gasteiger partial charge < -0.3 is 20.1 Å². The van der Waals surface area contributed by atoms with Gasteiger partial charge >= 0.3 is 12.0 Å². The maximum atomic E-state index is 11.9. The van der Waals surface area contributed by atoms with E-state index in [-0.39, 0.29) is 18.0 Å². The molecule has 1 aliphatic rings. The third-order valence-electron chi connectivity index (χ3n) is 5.07. The van der Waals surface area contributed by atoms with Gasteiger partial charge in [0.1, 0.15) is 0 Å². The number of rotatable bonds is 4. The lowest BCUT2D eigenvalue weighted by Gasteiger charge is -2.23. The van der Waals surface area contributed by atoms with Gasteiger partial charge in [0.05, 0.1) is 17.4 Å². The molecule has 30 heavy (non-hydrogen) atoms. The van der Waals surface area contributed by atoms with E-state index in [4.69, 9.17) is 4.74 Å². The van der Waals surface area contributed by atoms with Crippen LogP contribution >= 0.6 is 0 Å². The molecule has 9 heteroatoms. The zero-order valence-corrected chi connectivity index (χ0v) is 16.8. The molecule has 2 amide bonds. The van der Waals surface area contributed by atoms with Crippen LogP contribution < -0.4 is 5.32 Å². The van der Waals surface area contributed by atoms with Crippen molar-refractivity contribution in [2.45, 2.75) is 25.5 Å². The Morgan fingerprint density at radius 3 is 2.73 bits per heavy atom. The van der Waals surface area contributed by atoms with E-state index in [2.05, 4.69) is 15.4 Å². The minimum absolute atomic E-state index is 0.00829. The summed E-state index contributed by atoms with van der Waals surface area (Å²) in [5.41, 5.74) is 2.80. The monoisotopic (exact) mass is 409 g/mol. The van der Waals surface area contributed by atoms with E-state index in [1.54, 1.807) is 43.3 Å². The minimum Gasteiger partial charge on any atom is -0.476 e. The van der Waals surface area contributed by atoms with E-state index in [1.807, 2.05) is 12.1 Å². The number of carbonyl (C=O) groups is 2. The van der Waals surface area contributed by atoms with Crippen molar-refractivity contribution < 1.29 is 19.4 Å². The van der Waals surface area contributed by atoms with Crippen molar-refractivity contribution in [2.24, 2.45) is 0 Å². The number of aromatic carboxylic acids is 1. The van der Waals surface area contributed by atoms with Crippen LogP contribution in [0.5, 0.6) is 0 Å². The van der Waals surface area contributed by atoms with Crippen molar-refractivity contribution in [1.82, 2.24) is 19.7 Å². The number of ether oxygens (including phenoxy) is 1. The summed E-state index contributed by atoms with van der Waals surface area (Å²) in [6, 6.07) is 7.08. The molecule has 0 saturated carbocycles. The van der Waals surface area contributed by atoms with Gasteiger partial charge in [-0.25, -0.2) is 14.3 Å². The molecule has 0 bridgehead atoms. The third kappa shape index (κ3) is 3.84. The summed E-state index contributed by atoms with van der Waals surface area (Å²) in [6.45, 7) is 0.642. The highest BCUT2D eigenvalue weighted by atomic mass is 16.5. The van der Waals surface area contributed by atoms with E-state index in [9.17, 15) is 14.7 Å². The Balaban J connectivity index is 1.74. The normalized spacial score (nSPS) is 16.4. The van der Waals surface area contributed by atoms with Crippen molar-refractivity contribution in [3.63, 3.8) is 0 Å². The number of nitrogens with zero attached hydrogens (tertiary/aromatic N) is 4. The van der Waals surface area contributed by atoms with Crippen LogP contribution in [0.4, 0.5) is 10.5 Å². The second-order valence-electron chi connectivity index (χ2n) is 7.44. The summed E-state index contributed by atoms with van der Waals surface area (Å²) in [6.07, 6.45) is 5.79. The Morgan fingerprint density at radius 2 is 2.03 bits per heavy atom. The molecule has 1 aromatic carbocycles. The molecule has 3 heterocycles. The van der Waals surface area contributed by atoms with Crippen molar-refractivity contribution in [3.05, 3.63) is 42.4 Å². The van der Waals surface area contributed by atoms with E-state index in [1.165, 1.54) is 4.90 Å². The van der Waals surface area contributed by atoms with Crippen molar-refractivity contribution >= 4 is 28.6 Å². The zero-order valence-electron chi connectivity index (χ0n) is 16.8. The Hall–Kier alpha value is -3.46. The first-order valence-electron chi connectivity index (χ1n) is 9.75. The molecule has 1 atom stereocenters. The Labute approximate surface area is 173 Å². The van der Waals surface area contributed by atoms with Gasteiger partial charge in [0, 0.05) is 37.8 Å². The molecule has 1 fully saturated rings. The lowest BCUT2D eigenvalue weighted by molar-refractivity contribution is -0.0368. The molecule has 9 nitrogen and oxygen atoms in total. The first-order chi connectivity index (χ1) is 14.4. The highest BCUT2D eigenvalue weighted by molar-refractivity contribution is 6.02. The van der Waals surface area contributed by atoms with Crippen LogP contribution in [0.15, 0.2) is 36.7 Å². The van der Waals surface area contributed by atoms with Crippen molar-refractivity contribution in [2.75, 3.05) is 26.0 Å². The van der Waals surface area contributed by atoms with Crippen LogP contribution in [0.25, 0.3) is 22.0 Å². The van der Waals surface area contributed by atoms with Gasteiger partial charge in [0.25, 0.3) is 0 Å². The van der Waals surface area contributed by atoms with Gasteiger partial charge in [0.2, 0.25) is 0 Å². The lowest BCUT2D eigenvalue weighted by atomic mass is 10.0. The molecule has 3 aromatic rings. The fourth-order valence-electron chi connectivity index (χ4n) is 3.52. The Kier molecular flexibility index (Phi) is 5.37. The van der Waals surface area contributed by atoms with Gasteiger partial charge in [-0.1, -0.05) is 6.07 Å². The fraction of sp³-hybridized carbons (Fsp3) is 0.333. The Morgan fingerprint density at radius 1 is 1.20 bits per heavy atom. The molecule has 156 valence electrons. The third-order valence-corrected chi connectivity index (χ3v) is 5.07. The molecule has 2 aromatic heterocycles. The molecule has 0 aliphatic carbocycles. The number of urea groups is 1. The molecule has 4 rings (SSSR count). The highest BCUT2D eigenvalue weighted by Gasteiger charge is 2.24. The van der Waals surface area contributed by atoms with Crippen LogP contribution in [0.2, 0.25) is 0 Å². The summed E-state index contributed by atoms with van der Waals surface area (Å²) >= 11 is 0. The zero-order chi connectivity index (χ0) is 21.3. The van der Waals surface area contributed by atoms with Crippen LogP contribution in [0, 0.1) is 0 Å². The van der Waals surface area contributed by atoms with Crippen LogP contribution in [-0.2, 0) is 4.74 Å². The van der Waals surface area contributed by atoms with E-state index >= 15 is 0 Å². The Bertz CT molecular complexity index is 1100. The summed E-state index contributed by atoms with van der Waals surface area (Å²) in [7, 11) is 3.31. The van der Waals surface area contributed by atoms with Crippen molar-refractivity contribution in [3.8, 4) is 11.1 Å². The average Bonchev–Trinajstić information content (AvgIpc) is 3.13. The highest BCUT2D eigenvalue weighted by Crippen LogP contribution is 2.31. The fourth-order valence-corrected chi connectivity index (χ4v) is 3.52. The number of nitrogens with one attached hydrogen (secondary N) is 1. The molecule has 1 unspecified atom stereocenters. The number of amides is 2. The topological polar surface area (TPSA) is 110 Å². The molecular weight excluding hydrogens is 386 g/mol. The second kappa shape index (κ2) is 8.11. The van der Waals surface area contributed by atoms with Crippen LogP contribution in [0.1, 0.15) is 36.0 Å². The molecule has 1 saturated heterocycles. The summed E-state index contributed by atoms with van der Waals surface area (Å²) in [4.78, 5) is 29.4. The minimum atomic E-state index is -1.09. The maximum Gasteiger partial charge on any atom is 0.357 e. The first kappa shape index (κ1) is 19.8. The molecule has 0 spiro atoms. The predicted molar refractivity (Wildman–Crippen MR) is 111 cm³/mol. The number of hydrogen-bond acceptors (Lipinski definition) is 5. The molecule has 2 N–H and O–H groups in total. The first-order valence-corrected chi connectivity index (χ1v) is 9.75. The number of anilines is 1. The van der Waals surface area contributed by atoms with E-state index < -0.39 is 5.97 Å². The van der Waals surface area contributed by atoms with Gasteiger partial charge in [-0.3, -0.25) is 4.98 Å². The predicted octanol–water partition coefficient (Wildman–Crippen LogP) is 3.59. The van der Waals surface area contributed by atoms with Gasteiger partial charge in [-0.15, -0.1) is 0 Å². The number of benzene rings is 1. The van der Waals surface area contributed by atoms with Gasteiger partial charge in [0.15, 0.2) is 11.9 Å². The number of pyridine rings is 1. The number of hydrogen-bond donors (Lipinski definition) is 2. The number of carbonyl (C=O) groups excluding carboxylic acids is 1. The van der Waals surface area contributed by atoms with E-state index in [0.717, 1.165) is 30.4 Å². The number of carboxylic acid groups (broad SMARTS) is 1. The van der Waals surface area contributed by atoms with Gasteiger partial charge in [-0.05, 0) is 43.0 Å². The smallest absolute Gasteiger partial charge is 0.357 e. The van der Waals surface area contributed by atoms with E-state index in [0.29, 0.717) is 23.2 Å². The average molecular weight is 409 g/mol. The number of aromatic nitrogens is 3. The summed E-state index contributed by atoms with van der Waals surface area (Å²) < 4.78 is 7.48. The standard InChI is InChI=1S/C21H23N5O4/c1-25(2)21(29)23-15-9-14(11-22-12-15)13-6-7-17-16(10-13)19(20(27)28)24-26(17)18-5-3-4-8-30-18/h6-7,9-12,18H,3-5,8H2,1-2H3,(H,23,29)(H,27,28). The largest absolute Gasteiger partial charge is 0.476 e. The van der Waals surface area contributed by atoms with Crippen LogP contribution in [0.3, 0.4) is 0 Å². The molecular formula is C21H23N5O4. The number of fused-ring (bicyclic) bond motifs is 1. The lowest BCUT2D eigenvalue weighted by Crippen LogP contribution is -2.27. The quantitative estimate of drug-likeness (QED) is 0.681. The summed E-state index contributed by atoms with van der Waals surface area (Å²) in [5, 5.41) is 17.3. The molecule has 0 radical (unpaired) electrons. The second-order valence-corrected chi connectivity index (χ2v) is 7.44. The number of carboxylic acids is 1. The van der Waals surface area contributed by atoms with Crippen molar-refractivity contribution in [1.29, 1.82) is 0 Å². The maximum absolute atomic E-state index is 11.9.